The van der Waals surface area contributed by atoms with Gasteiger partial charge in [0.05, 0.1) is 5.56 Å². The number of benzene rings is 2. The molecule has 0 saturated carbocycles. The molecule has 3 aromatic rings. The van der Waals surface area contributed by atoms with Gasteiger partial charge in [0.2, 0.25) is 11.7 Å². The summed E-state index contributed by atoms with van der Waals surface area (Å²) in [5.41, 5.74) is 2.69. The molecule has 0 aliphatic heterocycles. The van der Waals surface area contributed by atoms with Gasteiger partial charge in [-0.3, -0.25) is 0 Å². The maximum Gasteiger partial charge on any atom is 0.338 e. The molecule has 2 aromatic carbocycles. The summed E-state index contributed by atoms with van der Waals surface area (Å²) in [6.07, 6.45) is 0. The van der Waals surface area contributed by atoms with Crippen molar-refractivity contribution in [2.75, 3.05) is 0 Å². The molecule has 0 unspecified atom stereocenters. The normalized spacial score (nSPS) is 10.8. The fraction of sp³-hybridized carbons (Fsp3) is 0.286. The smallest absolute Gasteiger partial charge is 0.338 e. The maximum absolute atomic E-state index is 12.2. The number of ether oxygens (including phenoxy) is 2. The molecule has 0 aliphatic carbocycles. The lowest BCUT2D eigenvalue weighted by Crippen LogP contribution is -2.05. The summed E-state index contributed by atoms with van der Waals surface area (Å²) < 4.78 is 15.8. The van der Waals surface area contributed by atoms with E-state index in [0.29, 0.717) is 28.9 Å². The van der Waals surface area contributed by atoms with Crippen LogP contribution in [-0.4, -0.2) is 16.1 Å². The van der Waals surface area contributed by atoms with Crippen molar-refractivity contribution in [1.29, 1.82) is 0 Å². The summed E-state index contributed by atoms with van der Waals surface area (Å²) in [7, 11) is 0. The van der Waals surface area contributed by atoms with Crippen LogP contribution in [0.5, 0.6) is 5.75 Å². The molecule has 0 bridgehead atoms. The molecule has 1 heterocycles. The van der Waals surface area contributed by atoms with Crippen molar-refractivity contribution in [3.8, 4) is 5.75 Å². The van der Waals surface area contributed by atoms with E-state index in [1.165, 1.54) is 5.56 Å². The van der Waals surface area contributed by atoms with Crippen LogP contribution in [0.1, 0.15) is 53.0 Å². The monoisotopic (exact) mass is 366 g/mol. The molecule has 0 N–H and O–H groups in total. The molecule has 0 atom stereocenters. The minimum atomic E-state index is -0.372. The standard InChI is InChI=1S/C21H22N2O4/c1-14(2)17-6-4-16(5-7-17)12-26-21(24)18-8-10-19(11-9-18)25-13-20-22-15(3)27-23-20/h4-11,14H,12-13H2,1-3H3. The van der Waals surface area contributed by atoms with Gasteiger partial charge in [0.1, 0.15) is 12.4 Å². The van der Waals surface area contributed by atoms with Crippen LogP contribution in [0.15, 0.2) is 53.1 Å². The van der Waals surface area contributed by atoms with Gasteiger partial charge in [0, 0.05) is 6.92 Å². The zero-order valence-electron chi connectivity index (χ0n) is 15.6. The lowest BCUT2D eigenvalue weighted by molar-refractivity contribution is 0.0472. The number of aryl methyl sites for hydroxylation is 1. The van der Waals surface area contributed by atoms with Crippen LogP contribution in [0, 0.1) is 6.92 Å². The van der Waals surface area contributed by atoms with Crippen LogP contribution < -0.4 is 4.74 Å². The molecule has 0 spiro atoms. The molecule has 3 rings (SSSR count). The van der Waals surface area contributed by atoms with Gasteiger partial charge in [-0.05, 0) is 41.3 Å². The molecular formula is C21H22N2O4. The van der Waals surface area contributed by atoms with Gasteiger partial charge in [0.15, 0.2) is 6.61 Å². The first-order chi connectivity index (χ1) is 13.0. The highest BCUT2D eigenvalue weighted by atomic mass is 16.5. The fourth-order valence-electron chi connectivity index (χ4n) is 2.47. The van der Waals surface area contributed by atoms with Crippen LogP contribution >= 0.6 is 0 Å². The minimum absolute atomic E-state index is 0.202. The molecular weight excluding hydrogens is 344 g/mol. The average Bonchev–Trinajstić information content (AvgIpc) is 3.10. The molecule has 0 fully saturated rings. The molecule has 1 aromatic heterocycles. The summed E-state index contributed by atoms with van der Waals surface area (Å²) in [4.78, 5) is 16.3. The molecule has 0 saturated heterocycles. The predicted octanol–water partition coefficient (Wildman–Crippen LogP) is 4.44. The van der Waals surface area contributed by atoms with Gasteiger partial charge in [-0.15, -0.1) is 0 Å². The zero-order chi connectivity index (χ0) is 19.2. The van der Waals surface area contributed by atoms with Crippen molar-refractivity contribution in [3.05, 3.63) is 76.9 Å². The second kappa shape index (κ2) is 8.49. The van der Waals surface area contributed by atoms with Gasteiger partial charge in [-0.1, -0.05) is 43.3 Å². The third-order valence-electron chi connectivity index (χ3n) is 4.04. The molecule has 0 amide bonds. The van der Waals surface area contributed by atoms with E-state index < -0.39 is 0 Å². The third-order valence-corrected chi connectivity index (χ3v) is 4.04. The molecule has 6 heteroatoms. The Morgan fingerprint density at radius 2 is 1.74 bits per heavy atom. The van der Waals surface area contributed by atoms with E-state index in [1.54, 1.807) is 31.2 Å². The lowest BCUT2D eigenvalue weighted by atomic mass is 10.0. The first kappa shape index (κ1) is 18.6. The number of aromatic nitrogens is 2. The second-order valence-electron chi connectivity index (χ2n) is 6.52. The summed E-state index contributed by atoms with van der Waals surface area (Å²) in [5, 5.41) is 3.76. The molecule has 27 heavy (non-hydrogen) atoms. The Kier molecular flexibility index (Phi) is 5.86. The van der Waals surface area contributed by atoms with E-state index >= 15 is 0 Å². The van der Waals surface area contributed by atoms with E-state index in [4.69, 9.17) is 14.0 Å². The number of rotatable bonds is 7. The highest BCUT2D eigenvalue weighted by molar-refractivity contribution is 5.89. The fourth-order valence-corrected chi connectivity index (χ4v) is 2.47. The molecule has 0 radical (unpaired) electrons. The lowest BCUT2D eigenvalue weighted by Gasteiger charge is -2.08. The number of carbonyl (C=O) groups excluding carboxylic acids is 1. The van der Waals surface area contributed by atoms with Crippen LogP contribution in [0.4, 0.5) is 0 Å². The van der Waals surface area contributed by atoms with Crippen LogP contribution in [0.25, 0.3) is 0 Å². The van der Waals surface area contributed by atoms with Gasteiger partial charge in [0.25, 0.3) is 0 Å². The molecule has 0 aliphatic rings. The Labute approximate surface area is 158 Å². The maximum atomic E-state index is 12.2. The Hall–Kier alpha value is -3.15. The largest absolute Gasteiger partial charge is 0.485 e. The van der Waals surface area contributed by atoms with Crippen molar-refractivity contribution >= 4 is 5.97 Å². The van der Waals surface area contributed by atoms with Crippen molar-refractivity contribution in [3.63, 3.8) is 0 Å². The Morgan fingerprint density at radius 1 is 1.04 bits per heavy atom. The number of hydrogen-bond acceptors (Lipinski definition) is 6. The highest BCUT2D eigenvalue weighted by Crippen LogP contribution is 2.17. The molecule has 140 valence electrons. The number of hydrogen-bond donors (Lipinski definition) is 0. The molecule has 6 nitrogen and oxygen atoms in total. The summed E-state index contributed by atoms with van der Waals surface area (Å²) in [6.45, 7) is 6.45. The minimum Gasteiger partial charge on any atom is -0.485 e. The van der Waals surface area contributed by atoms with Crippen molar-refractivity contribution in [2.45, 2.75) is 39.9 Å². The first-order valence-corrected chi connectivity index (χ1v) is 8.79. The topological polar surface area (TPSA) is 74.5 Å². The number of nitrogens with zero attached hydrogens (tertiary/aromatic N) is 2. The van der Waals surface area contributed by atoms with Gasteiger partial charge < -0.3 is 14.0 Å². The average molecular weight is 366 g/mol. The highest BCUT2D eigenvalue weighted by Gasteiger charge is 2.09. The Morgan fingerprint density at radius 3 is 2.33 bits per heavy atom. The number of esters is 1. The quantitative estimate of drug-likeness (QED) is 0.576. The van der Waals surface area contributed by atoms with Gasteiger partial charge in [-0.25, -0.2) is 4.79 Å². The third kappa shape index (κ3) is 5.17. The van der Waals surface area contributed by atoms with E-state index in [9.17, 15) is 4.79 Å². The zero-order valence-corrected chi connectivity index (χ0v) is 15.6. The van der Waals surface area contributed by atoms with Crippen molar-refractivity contribution < 1.29 is 18.8 Å². The summed E-state index contributed by atoms with van der Waals surface area (Å²) in [6, 6.07) is 14.8. The van der Waals surface area contributed by atoms with E-state index in [-0.39, 0.29) is 19.2 Å². The van der Waals surface area contributed by atoms with Crippen LogP contribution in [0.2, 0.25) is 0 Å². The van der Waals surface area contributed by atoms with E-state index in [2.05, 4.69) is 36.1 Å². The van der Waals surface area contributed by atoms with E-state index in [0.717, 1.165) is 5.56 Å². The Bertz CT molecular complexity index is 883. The number of carbonyl (C=O) groups is 1. The van der Waals surface area contributed by atoms with Crippen LogP contribution in [0.3, 0.4) is 0 Å². The van der Waals surface area contributed by atoms with Crippen LogP contribution in [-0.2, 0) is 18.0 Å². The van der Waals surface area contributed by atoms with Gasteiger partial charge >= 0.3 is 5.97 Å². The van der Waals surface area contributed by atoms with Gasteiger partial charge in [-0.2, -0.15) is 4.98 Å². The SMILES string of the molecule is Cc1nc(COc2ccc(C(=O)OCc3ccc(C(C)C)cc3)cc2)no1. The Balaban J connectivity index is 1.51. The summed E-state index contributed by atoms with van der Waals surface area (Å²) in [5.74, 6) is 1.68. The predicted molar refractivity (Wildman–Crippen MR) is 99.5 cm³/mol. The summed E-state index contributed by atoms with van der Waals surface area (Å²) >= 11 is 0. The van der Waals surface area contributed by atoms with Crippen molar-refractivity contribution in [2.24, 2.45) is 0 Å². The van der Waals surface area contributed by atoms with Crippen molar-refractivity contribution in [1.82, 2.24) is 10.1 Å². The van der Waals surface area contributed by atoms with E-state index in [1.807, 2.05) is 12.1 Å². The second-order valence-corrected chi connectivity index (χ2v) is 6.52. The first-order valence-electron chi connectivity index (χ1n) is 8.79.